The van der Waals surface area contributed by atoms with Gasteiger partial charge in [0, 0.05) is 6.61 Å². The molecule has 52 valence electrons. The Morgan fingerprint density at radius 2 is 2.00 bits per heavy atom. The molecular weight excluding hydrogens is 116 g/mol. The molecule has 0 amide bonds. The van der Waals surface area contributed by atoms with Crippen molar-refractivity contribution in [3.8, 4) is 12.0 Å². The second kappa shape index (κ2) is 7.32. The highest BCUT2D eigenvalue weighted by Gasteiger charge is 1.72. The van der Waals surface area contributed by atoms with Crippen molar-refractivity contribution in [3.05, 3.63) is 0 Å². The van der Waals surface area contributed by atoms with Crippen molar-refractivity contribution in [2.24, 2.45) is 0 Å². The highest BCUT2D eigenvalue weighted by molar-refractivity contribution is 4.90. The molecule has 0 bridgehead atoms. The third-order valence-corrected chi connectivity index (χ3v) is 0.667. The first-order valence-electron chi connectivity index (χ1n) is 3.09. The van der Waals surface area contributed by atoms with E-state index >= 15 is 0 Å². The van der Waals surface area contributed by atoms with Crippen LogP contribution in [0.2, 0.25) is 0 Å². The standard InChI is InChI=1S/C7H12O2/c1-3-8-6-5-7-9-4-2/h3-4,6H2,1-2H3. The zero-order valence-electron chi connectivity index (χ0n) is 5.94. The Balaban J connectivity index is 2.96. The molecule has 0 saturated heterocycles. The Morgan fingerprint density at radius 1 is 1.22 bits per heavy atom. The Labute approximate surface area is 56.2 Å². The van der Waals surface area contributed by atoms with Gasteiger partial charge in [-0.3, -0.25) is 0 Å². The summed E-state index contributed by atoms with van der Waals surface area (Å²) in [6, 6.07) is 0. The molecule has 0 aromatic carbocycles. The molecule has 0 aliphatic carbocycles. The molecule has 0 aromatic heterocycles. The largest absolute Gasteiger partial charge is 0.447 e. The summed E-state index contributed by atoms with van der Waals surface area (Å²) in [4.78, 5) is 0. The van der Waals surface area contributed by atoms with Crippen molar-refractivity contribution in [3.63, 3.8) is 0 Å². The first kappa shape index (κ1) is 8.32. The van der Waals surface area contributed by atoms with Gasteiger partial charge in [-0.2, -0.15) is 0 Å². The Bertz CT molecular complexity index is 99.2. The maximum absolute atomic E-state index is 4.93. The van der Waals surface area contributed by atoms with Crippen LogP contribution >= 0.6 is 0 Å². The van der Waals surface area contributed by atoms with Gasteiger partial charge in [0.05, 0.1) is 6.61 Å². The lowest BCUT2D eigenvalue weighted by atomic mass is 10.7. The number of rotatable bonds is 3. The molecule has 0 saturated carbocycles. The van der Waals surface area contributed by atoms with Crippen molar-refractivity contribution in [2.45, 2.75) is 13.8 Å². The molecule has 0 unspecified atom stereocenters. The van der Waals surface area contributed by atoms with Gasteiger partial charge in [0.15, 0.2) is 0 Å². The number of hydrogen-bond acceptors (Lipinski definition) is 2. The minimum atomic E-state index is 0.469. The van der Waals surface area contributed by atoms with Gasteiger partial charge in [-0.25, -0.2) is 0 Å². The van der Waals surface area contributed by atoms with Gasteiger partial charge in [-0.15, -0.1) is 0 Å². The smallest absolute Gasteiger partial charge is 0.112 e. The van der Waals surface area contributed by atoms with Crippen molar-refractivity contribution >= 4 is 0 Å². The average molecular weight is 128 g/mol. The second-order valence-electron chi connectivity index (χ2n) is 1.35. The van der Waals surface area contributed by atoms with E-state index < -0.39 is 0 Å². The van der Waals surface area contributed by atoms with E-state index in [4.69, 9.17) is 9.47 Å². The van der Waals surface area contributed by atoms with Gasteiger partial charge in [0.1, 0.15) is 12.7 Å². The molecule has 0 rings (SSSR count). The van der Waals surface area contributed by atoms with Gasteiger partial charge in [0.25, 0.3) is 0 Å². The van der Waals surface area contributed by atoms with Gasteiger partial charge in [-0.1, -0.05) is 0 Å². The van der Waals surface area contributed by atoms with Crippen LogP contribution in [0.5, 0.6) is 0 Å². The third kappa shape index (κ3) is 7.32. The number of hydrogen-bond donors (Lipinski definition) is 0. The molecule has 0 fully saturated rings. The van der Waals surface area contributed by atoms with Crippen molar-refractivity contribution in [1.82, 2.24) is 0 Å². The maximum Gasteiger partial charge on any atom is 0.112 e. The topological polar surface area (TPSA) is 18.5 Å². The van der Waals surface area contributed by atoms with Gasteiger partial charge in [-0.05, 0) is 19.8 Å². The lowest BCUT2D eigenvalue weighted by Gasteiger charge is -1.88. The summed E-state index contributed by atoms with van der Waals surface area (Å²) < 4.78 is 9.67. The predicted molar refractivity (Wildman–Crippen MR) is 35.9 cm³/mol. The zero-order valence-corrected chi connectivity index (χ0v) is 5.94. The van der Waals surface area contributed by atoms with Crippen molar-refractivity contribution < 1.29 is 9.47 Å². The molecular formula is C7H12O2. The summed E-state index contributed by atoms with van der Waals surface area (Å²) in [6.07, 6.45) is 2.49. The fourth-order valence-electron chi connectivity index (χ4n) is 0.306. The van der Waals surface area contributed by atoms with Crippen molar-refractivity contribution in [2.75, 3.05) is 19.8 Å². The molecule has 0 heterocycles. The summed E-state index contributed by atoms with van der Waals surface area (Å²) >= 11 is 0. The quantitative estimate of drug-likeness (QED) is 0.417. The fraction of sp³-hybridized carbons (Fsp3) is 0.714. The van der Waals surface area contributed by atoms with Crippen LogP contribution in [0.4, 0.5) is 0 Å². The molecule has 0 aromatic rings. The van der Waals surface area contributed by atoms with Crippen LogP contribution in [0.1, 0.15) is 13.8 Å². The minimum Gasteiger partial charge on any atom is -0.447 e. The Kier molecular flexibility index (Phi) is 6.77. The Morgan fingerprint density at radius 3 is 2.56 bits per heavy atom. The zero-order chi connectivity index (χ0) is 6.95. The minimum absolute atomic E-state index is 0.469. The summed E-state index contributed by atoms with van der Waals surface area (Å²) in [5.41, 5.74) is 0. The highest BCUT2D eigenvalue weighted by atomic mass is 16.5. The van der Waals surface area contributed by atoms with Crippen LogP contribution < -0.4 is 0 Å². The van der Waals surface area contributed by atoms with Crippen LogP contribution in [-0.2, 0) is 9.47 Å². The van der Waals surface area contributed by atoms with Gasteiger partial charge < -0.3 is 9.47 Å². The van der Waals surface area contributed by atoms with Gasteiger partial charge >= 0.3 is 0 Å². The van der Waals surface area contributed by atoms with Crippen LogP contribution in [0.15, 0.2) is 0 Å². The summed E-state index contributed by atoms with van der Waals surface area (Å²) in [5.74, 6) is 2.69. The molecule has 0 N–H and O–H groups in total. The monoisotopic (exact) mass is 128 g/mol. The summed E-state index contributed by atoms with van der Waals surface area (Å²) in [7, 11) is 0. The van der Waals surface area contributed by atoms with E-state index in [2.05, 4.69) is 12.0 Å². The van der Waals surface area contributed by atoms with Crippen LogP contribution in [0.25, 0.3) is 0 Å². The second-order valence-corrected chi connectivity index (χ2v) is 1.35. The molecule has 2 heteroatoms. The van der Waals surface area contributed by atoms with E-state index in [9.17, 15) is 0 Å². The third-order valence-electron chi connectivity index (χ3n) is 0.667. The Hall–Kier alpha value is -0.680. The van der Waals surface area contributed by atoms with E-state index in [-0.39, 0.29) is 0 Å². The SMILES string of the molecule is CCOC#CCOCC. The lowest BCUT2D eigenvalue weighted by molar-refractivity contribution is 0.181. The normalized spacial score (nSPS) is 7.78. The molecule has 0 aliphatic rings. The van der Waals surface area contributed by atoms with Crippen LogP contribution in [0.3, 0.4) is 0 Å². The average Bonchev–Trinajstić information content (AvgIpc) is 1.89. The predicted octanol–water partition coefficient (Wildman–Crippen LogP) is 1.02. The van der Waals surface area contributed by atoms with E-state index in [0.29, 0.717) is 19.8 Å². The van der Waals surface area contributed by atoms with E-state index in [1.165, 1.54) is 0 Å². The highest BCUT2D eigenvalue weighted by Crippen LogP contribution is 1.70. The van der Waals surface area contributed by atoms with Crippen LogP contribution in [0, 0.1) is 12.0 Å². The molecule has 2 nitrogen and oxygen atoms in total. The maximum atomic E-state index is 4.93. The number of ether oxygens (including phenoxy) is 2. The lowest BCUT2D eigenvalue weighted by Crippen LogP contribution is -1.89. The first-order chi connectivity index (χ1) is 4.41. The van der Waals surface area contributed by atoms with E-state index in [1.807, 2.05) is 13.8 Å². The molecule has 0 aliphatic heterocycles. The van der Waals surface area contributed by atoms with E-state index in [1.54, 1.807) is 0 Å². The fourth-order valence-corrected chi connectivity index (χ4v) is 0.306. The van der Waals surface area contributed by atoms with Gasteiger partial charge in [0.2, 0.25) is 0 Å². The van der Waals surface area contributed by atoms with E-state index in [0.717, 1.165) is 0 Å². The molecule has 0 radical (unpaired) electrons. The first-order valence-corrected chi connectivity index (χ1v) is 3.09. The summed E-state index contributed by atoms with van der Waals surface area (Å²) in [5, 5.41) is 0. The summed E-state index contributed by atoms with van der Waals surface area (Å²) in [6.45, 7) is 5.65. The molecule has 9 heavy (non-hydrogen) atoms. The van der Waals surface area contributed by atoms with Crippen molar-refractivity contribution in [1.29, 1.82) is 0 Å². The molecule has 0 spiro atoms. The molecule has 0 atom stereocenters. The van der Waals surface area contributed by atoms with Crippen LogP contribution in [-0.4, -0.2) is 19.8 Å².